The molecule has 2 aliphatic heterocycles. The van der Waals surface area contributed by atoms with Gasteiger partial charge in [-0.2, -0.15) is 8.78 Å². The van der Waals surface area contributed by atoms with Crippen LogP contribution in [0.15, 0.2) is 54.6 Å². The van der Waals surface area contributed by atoms with E-state index < -0.39 is 65.9 Å². The van der Waals surface area contributed by atoms with Crippen molar-refractivity contribution in [1.29, 1.82) is 0 Å². The molecule has 4 N–H and O–H groups in total. The van der Waals surface area contributed by atoms with E-state index in [1.165, 1.54) is 17.0 Å². The van der Waals surface area contributed by atoms with Crippen LogP contribution in [0.25, 0.3) is 10.1 Å². The zero-order valence-electron chi connectivity index (χ0n) is 26.6. The lowest BCUT2D eigenvalue weighted by Gasteiger charge is -2.40. The number of carbonyl (C=O) groups is 4. The summed E-state index contributed by atoms with van der Waals surface area (Å²) < 4.78 is 40.4. The highest BCUT2D eigenvalue weighted by Crippen LogP contribution is 2.59. The monoisotopic (exact) mass is 705 g/mol. The number of halogens is 2. The number of carbonyl (C=O) groups excluding carboxylic acids is 3. The summed E-state index contributed by atoms with van der Waals surface area (Å²) in [6.07, 6.45) is 1.26. The van der Waals surface area contributed by atoms with Gasteiger partial charge in [-0.25, -0.2) is 0 Å². The summed E-state index contributed by atoms with van der Waals surface area (Å²) in [5.41, 5.74) is -5.27. The van der Waals surface area contributed by atoms with Crippen LogP contribution >= 0.6 is 18.9 Å². The maximum Gasteiger partial charge on any atom is 0.399 e. The van der Waals surface area contributed by atoms with Gasteiger partial charge in [0.25, 0.3) is 5.91 Å². The molecule has 48 heavy (non-hydrogen) atoms. The molecule has 2 saturated heterocycles. The molecular weight excluding hydrogens is 667 g/mol. The van der Waals surface area contributed by atoms with Crippen molar-refractivity contribution in [3.8, 4) is 0 Å². The van der Waals surface area contributed by atoms with Gasteiger partial charge in [0.15, 0.2) is 0 Å². The maximum absolute atomic E-state index is 14.3. The van der Waals surface area contributed by atoms with Crippen LogP contribution in [0.4, 0.5) is 8.78 Å². The van der Waals surface area contributed by atoms with Crippen molar-refractivity contribution in [3.05, 3.63) is 70.6 Å². The highest BCUT2D eigenvalue weighted by molar-refractivity contribution is 7.52. The number of fused-ring (bicyclic) bond motifs is 1. The summed E-state index contributed by atoms with van der Waals surface area (Å²) in [5, 5.41) is 12.8. The van der Waals surface area contributed by atoms with Gasteiger partial charge in [0, 0.05) is 35.8 Å². The van der Waals surface area contributed by atoms with E-state index >= 15 is 0 Å². The Balaban J connectivity index is 1.34. The van der Waals surface area contributed by atoms with Gasteiger partial charge in [-0.15, -0.1) is 11.3 Å². The Labute approximate surface area is 280 Å². The fraction of sp³-hybridized carbons (Fsp3) is 0.455. The molecule has 3 aromatic rings. The average Bonchev–Trinajstić information content (AvgIpc) is 3.69. The average molecular weight is 706 g/mol. The van der Waals surface area contributed by atoms with Gasteiger partial charge >= 0.3 is 19.2 Å². The minimum absolute atomic E-state index is 0.103. The number of rotatable bonds is 8. The first-order valence-corrected chi connectivity index (χ1v) is 18.0. The molecule has 0 bridgehead atoms. The van der Waals surface area contributed by atoms with Gasteiger partial charge in [0.1, 0.15) is 12.1 Å². The number of benzene rings is 2. The Bertz CT molecular complexity index is 1770. The second-order valence-corrected chi connectivity index (χ2v) is 16.2. The van der Waals surface area contributed by atoms with Gasteiger partial charge < -0.3 is 30.0 Å². The number of piperidine rings is 1. The van der Waals surface area contributed by atoms with Crippen LogP contribution in [-0.4, -0.2) is 80.1 Å². The normalized spacial score (nSPS) is 21.3. The Morgan fingerprint density at radius 3 is 2.31 bits per heavy atom. The molecule has 5 rings (SSSR count). The molecule has 2 aromatic carbocycles. The summed E-state index contributed by atoms with van der Waals surface area (Å²) in [7, 11) is -5.79. The van der Waals surface area contributed by atoms with Crippen LogP contribution in [0.3, 0.4) is 0 Å². The zero-order chi connectivity index (χ0) is 35.2. The largest absolute Gasteiger partial charge is 0.481 e. The lowest BCUT2D eigenvalue weighted by Crippen LogP contribution is -2.58. The predicted molar refractivity (Wildman–Crippen MR) is 175 cm³/mol. The minimum Gasteiger partial charge on any atom is -0.481 e. The molecular formula is C33H38F2N3O8PS. The van der Waals surface area contributed by atoms with Crippen LogP contribution in [0, 0.1) is 11.3 Å². The van der Waals surface area contributed by atoms with Crippen molar-refractivity contribution in [2.45, 2.75) is 63.7 Å². The van der Waals surface area contributed by atoms with Gasteiger partial charge in [-0.05, 0) is 53.8 Å². The number of alkyl halides is 2. The topological polar surface area (TPSA) is 165 Å². The summed E-state index contributed by atoms with van der Waals surface area (Å²) in [5.74, 6) is -3.34. The molecule has 11 nitrogen and oxygen atoms in total. The second-order valence-electron chi connectivity index (χ2n) is 13.4. The molecule has 3 heterocycles. The number of hydrogen-bond acceptors (Lipinski definition) is 6. The van der Waals surface area contributed by atoms with Crippen LogP contribution in [0.5, 0.6) is 0 Å². The number of nitrogens with one attached hydrogen (secondary N) is 1. The maximum atomic E-state index is 14.3. The van der Waals surface area contributed by atoms with Crippen LogP contribution in [-0.2, 0) is 24.6 Å². The van der Waals surface area contributed by atoms with E-state index in [1.807, 2.05) is 30.3 Å². The van der Waals surface area contributed by atoms with E-state index in [2.05, 4.69) is 5.32 Å². The van der Waals surface area contributed by atoms with Crippen molar-refractivity contribution in [2.24, 2.45) is 11.3 Å². The van der Waals surface area contributed by atoms with Crippen LogP contribution in [0.2, 0.25) is 0 Å². The van der Waals surface area contributed by atoms with Crippen molar-refractivity contribution in [1.82, 2.24) is 15.1 Å². The molecule has 15 heteroatoms. The lowest BCUT2D eigenvalue weighted by molar-refractivity contribution is -0.150. The number of carboxylic acids is 1. The predicted octanol–water partition coefficient (Wildman–Crippen LogP) is 4.98. The molecule has 4 atom stereocenters. The summed E-state index contributed by atoms with van der Waals surface area (Å²) in [4.78, 5) is 75.1. The zero-order valence-corrected chi connectivity index (χ0v) is 28.3. The highest BCUT2D eigenvalue weighted by atomic mass is 32.1. The van der Waals surface area contributed by atoms with Crippen molar-refractivity contribution >= 4 is 52.7 Å². The van der Waals surface area contributed by atoms with Crippen molar-refractivity contribution in [3.63, 3.8) is 0 Å². The third-order valence-electron chi connectivity index (χ3n) is 9.13. The summed E-state index contributed by atoms with van der Waals surface area (Å²) in [6.45, 7) is 6.04. The Morgan fingerprint density at radius 2 is 1.69 bits per heavy atom. The number of hydrogen-bond donors (Lipinski definition) is 4. The SMILES string of the molecule is CC(C)(C)C(NC(=O)c1cc2cc(C(F)(F)P(=O)(O)O)ccc2s1)C(=O)N1CCC[C@H]1C(=O)N1CCC(C(=O)O)C(c2ccccc2)C1. The van der Waals surface area contributed by atoms with Gasteiger partial charge in [-0.1, -0.05) is 57.2 Å². The van der Waals surface area contributed by atoms with Gasteiger partial charge in [0.2, 0.25) is 11.8 Å². The molecule has 0 saturated carbocycles. The number of aliphatic carboxylic acids is 1. The number of carboxylic acid groups (broad SMARTS) is 1. The summed E-state index contributed by atoms with van der Waals surface area (Å²) in [6, 6.07) is 11.8. The molecule has 2 fully saturated rings. The second kappa shape index (κ2) is 13.3. The van der Waals surface area contributed by atoms with Crippen LogP contribution < -0.4 is 5.32 Å². The molecule has 3 unspecified atom stereocenters. The molecule has 3 amide bonds. The Morgan fingerprint density at radius 1 is 1.00 bits per heavy atom. The third kappa shape index (κ3) is 7.03. The molecule has 1 aromatic heterocycles. The summed E-state index contributed by atoms with van der Waals surface area (Å²) >= 11 is 0.975. The minimum atomic E-state index is -5.79. The molecule has 2 aliphatic rings. The lowest BCUT2D eigenvalue weighted by atomic mass is 9.80. The van der Waals surface area contributed by atoms with E-state index in [0.717, 1.165) is 29.0 Å². The smallest absolute Gasteiger partial charge is 0.399 e. The van der Waals surface area contributed by atoms with Crippen molar-refractivity contribution < 1.29 is 47.4 Å². The number of thiophene rings is 1. The van der Waals surface area contributed by atoms with E-state index in [9.17, 15) is 37.6 Å². The highest BCUT2D eigenvalue weighted by Gasteiger charge is 2.50. The van der Waals surface area contributed by atoms with Crippen LogP contribution in [0.1, 0.15) is 66.8 Å². The Kier molecular flexibility index (Phi) is 9.86. The molecule has 258 valence electrons. The Hall–Kier alpha value is -3.71. The first kappa shape index (κ1) is 35.6. The number of likely N-dealkylation sites (tertiary alicyclic amines) is 2. The van der Waals surface area contributed by atoms with Gasteiger partial charge in [0.05, 0.1) is 10.8 Å². The van der Waals surface area contributed by atoms with E-state index in [0.29, 0.717) is 24.1 Å². The van der Waals surface area contributed by atoms with E-state index in [-0.39, 0.29) is 35.7 Å². The van der Waals surface area contributed by atoms with E-state index in [4.69, 9.17) is 9.79 Å². The first-order valence-electron chi connectivity index (χ1n) is 15.6. The van der Waals surface area contributed by atoms with Gasteiger partial charge in [-0.3, -0.25) is 23.7 Å². The first-order chi connectivity index (χ1) is 22.4. The standard InChI is InChI=1S/C33H38F2N3O8PS/c1-32(2,3)27(36-28(39)26-17-20-16-21(11-12-25(20)48-26)33(34,35)47(44,45)46)30(41)38-14-7-10-24(38)29(40)37-15-13-22(31(42)43)23(18-37)19-8-5-4-6-9-19/h4-6,8-9,11-12,16-17,22-24,27H,7,10,13-15,18H2,1-3H3,(H,36,39)(H,42,43)(H2,44,45,46)/t22?,23?,24-,27?/m0/s1. The molecule has 0 spiro atoms. The quantitative estimate of drug-likeness (QED) is 0.239. The molecule has 0 aliphatic carbocycles. The fourth-order valence-corrected chi connectivity index (χ4v) is 7.93. The van der Waals surface area contributed by atoms with E-state index in [1.54, 1.807) is 25.7 Å². The van der Waals surface area contributed by atoms with Crippen molar-refractivity contribution in [2.75, 3.05) is 19.6 Å². The number of amides is 3. The molecule has 0 radical (unpaired) electrons. The number of nitrogens with zero attached hydrogens (tertiary/aromatic N) is 2. The fourth-order valence-electron chi connectivity index (χ4n) is 6.51. The third-order valence-corrected chi connectivity index (χ3v) is 11.2.